The summed E-state index contributed by atoms with van der Waals surface area (Å²) in [6, 6.07) is 0.746. The maximum Gasteiger partial charge on any atom is 0.407 e. The van der Waals surface area contributed by atoms with Crippen molar-refractivity contribution in [2.45, 2.75) is 18.9 Å². The molecule has 1 amide bonds. The molecular formula is C11H11FIN3O5. The van der Waals surface area contributed by atoms with Crippen molar-refractivity contribution >= 4 is 34.5 Å². The number of aromatic nitrogens is 1. The van der Waals surface area contributed by atoms with E-state index >= 15 is 0 Å². The van der Waals surface area contributed by atoms with Crippen molar-refractivity contribution in [2.75, 3.05) is 13.2 Å². The number of hydrogen-bond donors (Lipinski definition) is 1. The fourth-order valence-corrected chi connectivity index (χ4v) is 2.78. The lowest BCUT2D eigenvalue weighted by Crippen LogP contribution is -2.38. The van der Waals surface area contributed by atoms with Crippen molar-refractivity contribution < 1.29 is 24.0 Å². The summed E-state index contributed by atoms with van der Waals surface area (Å²) in [5.74, 6) is -1.87. The van der Waals surface area contributed by atoms with Gasteiger partial charge in [0.05, 0.1) is 15.7 Å². The predicted molar refractivity (Wildman–Crippen MR) is 76.8 cm³/mol. The number of nitrogens with zero attached hydrogens (tertiary/aromatic N) is 3. The zero-order valence-corrected chi connectivity index (χ0v) is 12.8. The Bertz CT molecular complexity index is 562. The van der Waals surface area contributed by atoms with Crippen LogP contribution < -0.4 is 4.74 Å². The Morgan fingerprint density at radius 2 is 2.43 bits per heavy atom. The molecule has 1 unspecified atom stereocenters. The molecule has 114 valence electrons. The number of nitro groups is 1. The van der Waals surface area contributed by atoms with E-state index in [1.54, 1.807) is 22.6 Å². The van der Waals surface area contributed by atoms with Crippen molar-refractivity contribution in [1.29, 1.82) is 0 Å². The van der Waals surface area contributed by atoms with Crippen LogP contribution in [0, 0.1) is 19.6 Å². The number of hydrogen-bond acceptors (Lipinski definition) is 5. The number of pyridine rings is 1. The molecule has 0 spiro atoms. The molecule has 2 rings (SSSR count). The van der Waals surface area contributed by atoms with Gasteiger partial charge in [-0.25, -0.2) is 4.79 Å². The van der Waals surface area contributed by atoms with Crippen molar-refractivity contribution in [2.24, 2.45) is 0 Å². The fourth-order valence-electron chi connectivity index (χ4n) is 2.12. The van der Waals surface area contributed by atoms with Crippen molar-refractivity contribution in [3.63, 3.8) is 0 Å². The van der Waals surface area contributed by atoms with Crippen LogP contribution in [0.2, 0.25) is 0 Å². The van der Waals surface area contributed by atoms with Crippen LogP contribution >= 0.6 is 22.6 Å². The lowest BCUT2D eigenvalue weighted by molar-refractivity contribution is -0.390. The normalized spacial score (nSPS) is 17.8. The number of rotatable bonds is 4. The van der Waals surface area contributed by atoms with Crippen molar-refractivity contribution in [3.05, 3.63) is 25.7 Å². The van der Waals surface area contributed by atoms with Gasteiger partial charge in [0, 0.05) is 6.54 Å². The average molecular weight is 411 g/mol. The van der Waals surface area contributed by atoms with Crippen LogP contribution in [-0.2, 0) is 0 Å². The lowest BCUT2D eigenvalue weighted by Gasteiger charge is -2.21. The molecule has 0 bridgehead atoms. The molecule has 8 nitrogen and oxygen atoms in total. The minimum Gasteiger partial charge on any atom is -0.484 e. The molecule has 0 aliphatic carbocycles. The number of carbonyl (C=O) groups is 1. The molecule has 0 aromatic carbocycles. The highest BCUT2D eigenvalue weighted by Gasteiger charge is 2.30. The molecule has 1 aliphatic rings. The highest BCUT2D eigenvalue weighted by Crippen LogP contribution is 2.28. The van der Waals surface area contributed by atoms with Crippen LogP contribution in [0.5, 0.6) is 5.75 Å². The molecule has 1 saturated heterocycles. The van der Waals surface area contributed by atoms with E-state index < -0.39 is 22.8 Å². The molecule has 0 saturated carbocycles. The standard InChI is InChI=1S/C11H11FIN3O5/c12-10-9(7(13)4-8(14-10)16(19)20)21-5-6-2-1-3-15(6)11(17)18/h4,6H,1-3,5H2,(H,17,18). The molecule has 1 aromatic heterocycles. The second-order valence-corrected chi connectivity index (χ2v) is 5.58. The van der Waals surface area contributed by atoms with Crippen LogP contribution in [0.3, 0.4) is 0 Å². The summed E-state index contributed by atoms with van der Waals surface area (Å²) in [5.41, 5.74) is 0. The van der Waals surface area contributed by atoms with Crippen molar-refractivity contribution in [3.8, 4) is 5.75 Å². The van der Waals surface area contributed by atoms with E-state index in [9.17, 15) is 19.3 Å². The van der Waals surface area contributed by atoms with Gasteiger partial charge in [0.2, 0.25) is 5.75 Å². The third kappa shape index (κ3) is 3.49. The maximum absolute atomic E-state index is 13.7. The first kappa shape index (κ1) is 15.7. The number of ether oxygens (including phenoxy) is 1. The summed E-state index contributed by atoms with van der Waals surface area (Å²) < 4.78 is 19.2. The van der Waals surface area contributed by atoms with E-state index in [-0.39, 0.29) is 22.0 Å². The molecule has 21 heavy (non-hydrogen) atoms. The molecule has 1 aromatic rings. The van der Waals surface area contributed by atoms with Gasteiger partial charge in [-0.1, -0.05) is 0 Å². The average Bonchev–Trinajstić information content (AvgIpc) is 2.86. The molecule has 0 radical (unpaired) electrons. The number of carboxylic acid groups (broad SMARTS) is 1. The third-order valence-corrected chi connectivity index (χ3v) is 3.90. The minimum absolute atomic E-state index is 0.0152. The highest BCUT2D eigenvalue weighted by molar-refractivity contribution is 14.1. The second kappa shape index (κ2) is 6.37. The third-order valence-electron chi connectivity index (χ3n) is 3.10. The largest absolute Gasteiger partial charge is 0.484 e. The molecule has 1 atom stereocenters. The van der Waals surface area contributed by atoms with E-state index in [1.807, 2.05) is 0 Å². The van der Waals surface area contributed by atoms with Gasteiger partial charge in [0.15, 0.2) is 0 Å². The van der Waals surface area contributed by atoms with Crippen LogP contribution in [0.15, 0.2) is 6.07 Å². The van der Waals surface area contributed by atoms with Gasteiger partial charge < -0.3 is 24.9 Å². The van der Waals surface area contributed by atoms with E-state index in [0.717, 1.165) is 12.5 Å². The summed E-state index contributed by atoms with van der Waals surface area (Å²) in [4.78, 5) is 25.2. The smallest absolute Gasteiger partial charge is 0.407 e. The first-order chi connectivity index (χ1) is 9.90. The molecule has 1 N–H and O–H groups in total. The van der Waals surface area contributed by atoms with Gasteiger partial charge in [-0.2, -0.15) is 4.39 Å². The van der Waals surface area contributed by atoms with Gasteiger partial charge in [0.25, 0.3) is 0 Å². The Balaban J connectivity index is 2.10. The quantitative estimate of drug-likeness (QED) is 0.353. The number of halogens is 2. The molecule has 1 fully saturated rings. The van der Waals surface area contributed by atoms with Crippen LogP contribution in [-0.4, -0.2) is 45.2 Å². The number of likely N-dealkylation sites (tertiary alicyclic amines) is 1. The second-order valence-electron chi connectivity index (χ2n) is 4.42. The summed E-state index contributed by atoms with van der Waals surface area (Å²) in [6.07, 6.45) is 0.307. The first-order valence-corrected chi connectivity index (χ1v) is 7.11. The Morgan fingerprint density at radius 3 is 3.00 bits per heavy atom. The monoisotopic (exact) mass is 411 g/mol. The maximum atomic E-state index is 13.7. The molecule has 1 aliphatic heterocycles. The summed E-state index contributed by atoms with van der Waals surface area (Å²) in [7, 11) is 0. The van der Waals surface area contributed by atoms with Crippen molar-refractivity contribution in [1.82, 2.24) is 9.88 Å². The van der Waals surface area contributed by atoms with E-state index in [2.05, 4.69) is 4.98 Å². The summed E-state index contributed by atoms with van der Waals surface area (Å²) in [5, 5.41) is 19.6. The van der Waals surface area contributed by atoms with Crippen LogP contribution in [0.25, 0.3) is 0 Å². The molecule has 2 heterocycles. The fraction of sp³-hybridized carbons (Fsp3) is 0.455. The SMILES string of the molecule is O=C(O)N1CCCC1COc1c(I)cc([N+](=O)[O-])nc1F. The first-order valence-electron chi connectivity index (χ1n) is 6.03. The summed E-state index contributed by atoms with van der Waals surface area (Å²) in [6.45, 7) is 0.403. The zero-order valence-electron chi connectivity index (χ0n) is 10.7. The van der Waals surface area contributed by atoms with E-state index in [0.29, 0.717) is 13.0 Å². The van der Waals surface area contributed by atoms with Gasteiger partial charge in [-0.15, -0.1) is 0 Å². The Kier molecular flexibility index (Phi) is 4.75. The van der Waals surface area contributed by atoms with Gasteiger partial charge in [-0.05, 0) is 45.3 Å². The topological polar surface area (TPSA) is 106 Å². The van der Waals surface area contributed by atoms with E-state index in [4.69, 9.17) is 9.84 Å². The predicted octanol–water partition coefficient (Wildman–Crippen LogP) is 2.25. The highest BCUT2D eigenvalue weighted by atomic mass is 127. The minimum atomic E-state index is -1.08. The lowest BCUT2D eigenvalue weighted by atomic mass is 10.2. The number of amides is 1. The summed E-state index contributed by atoms with van der Waals surface area (Å²) >= 11 is 1.71. The Hall–Kier alpha value is -1.72. The van der Waals surface area contributed by atoms with Gasteiger partial charge in [-0.3, -0.25) is 0 Å². The molecular weight excluding hydrogens is 400 g/mol. The Labute approximate surface area is 132 Å². The van der Waals surface area contributed by atoms with Crippen LogP contribution in [0.4, 0.5) is 15.0 Å². The molecule has 10 heteroatoms. The van der Waals surface area contributed by atoms with Gasteiger partial charge >= 0.3 is 17.9 Å². The Morgan fingerprint density at radius 1 is 1.71 bits per heavy atom. The van der Waals surface area contributed by atoms with E-state index in [1.165, 1.54) is 4.90 Å². The zero-order chi connectivity index (χ0) is 15.6. The van der Waals surface area contributed by atoms with Crippen LogP contribution in [0.1, 0.15) is 12.8 Å². The van der Waals surface area contributed by atoms with Gasteiger partial charge in [0.1, 0.15) is 6.61 Å².